The Morgan fingerprint density at radius 3 is 2.65 bits per heavy atom. The molecule has 0 atom stereocenters. The van der Waals surface area contributed by atoms with Crippen LogP contribution < -0.4 is 5.32 Å². The normalized spacial score (nSPS) is 15.0. The Morgan fingerprint density at radius 2 is 1.85 bits per heavy atom. The summed E-state index contributed by atoms with van der Waals surface area (Å²) in [5, 5.41) is 3.33. The summed E-state index contributed by atoms with van der Waals surface area (Å²) >= 11 is 0. The molecule has 26 heavy (non-hydrogen) atoms. The second kappa shape index (κ2) is 6.99. The first-order valence-electron chi connectivity index (χ1n) is 8.62. The monoisotopic (exact) mass is 361 g/mol. The number of oxazole rings is 1. The van der Waals surface area contributed by atoms with Crippen LogP contribution in [0.4, 0.5) is 18.9 Å². The van der Waals surface area contributed by atoms with Crippen molar-refractivity contribution in [2.75, 3.05) is 31.5 Å². The highest BCUT2D eigenvalue weighted by atomic mass is 19.2. The minimum atomic E-state index is -1.53. The van der Waals surface area contributed by atoms with Crippen molar-refractivity contribution in [1.29, 1.82) is 0 Å². The molecule has 0 bridgehead atoms. The van der Waals surface area contributed by atoms with E-state index in [0.717, 1.165) is 44.0 Å². The molecule has 7 heteroatoms. The molecular formula is C19H18F3N3O. The number of anilines is 1. The molecule has 136 valence electrons. The van der Waals surface area contributed by atoms with Crippen LogP contribution in [0.5, 0.6) is 0 Å². The summed E-state index contributed by atoms with van der Waals surface area (Å²) in [5.74, 6) is -4.16. The van der Waals surface area contributed by atoms with E-state index in [-0.39, 0.29) is 11.5 Å². The number of aromatic nitrogens is 1. The Labute approximate surface area is 148 Å². The maximum Gasteiger partial charge on any atom is 0.230 e. The van der Waals surface area contributed by atoms with Gasteiger partial charge in [-0.05, 0) is 56.3 Å². The lowest BCUT2D eigenvalue weighted by Crippen LogP contribution is -2.25. The highest BCUT2D eigenvalue weighted by molar-refractivity contribution is 5.80. The number of benzene rings is 2. The Morgan fingerprint density at radius 1 is 1.04 bits per heavy atom. The van der Waals surface area contributed by atoms with Gasteiger partial charge in [-0.1, -0.05) is 0 Å². The van der Waals surface area contributed by atoms with E-state index in [4.69, 9.17) is 4.42 Å². The fourth-order valence-electron chi connectivity index (χ4n) is 3.21. The van der Waals surface area contributed by atoms with Crippen LogP contribution in [-0.2, 0) is 0 Å². The zero-order valence-corrected chi connectivity index (χ0v) is 14.1. The molecule has 1 N–H and O–H groups in total. The van der Waals surface area contributed by atoms with Crippen molar-refractivity contribution in [2.45, 2.75) is 12.8 Å². The molecule has 1 aliphatic heterocycles. The Kier molecular flexibility index (Phi) is 4.55. The molecule has 1 aliphatic rings. The zero-order chi connectivity index (χ0) is 18.1. The van der Waals surface area contributed by atoms with E-state index in [0.29, 0.717) is 11.1 Å². The predicted octanol–water partition coefficient (Wildman–Crippen LogP) is 4.42. The molecule has 4 rings (SSSR count). The zero-order valence-electron chi connectivity index (χ0n) is 14.1. The number of fused-ring (bicyclic) bond motifs is 1. The van der Waals surface area contributed by atoms with Crippen LogP contribution in [0.1, 0.15) is 12.8 Å². The maximum absolute atomic E-state index is 13.9. The van der Waals surface area contributed by atoms with Gasteiger partial charge in [0.1, 0.15) is 5.52 Å². The van der Waals surface area contributed by atoms with Gasteiger partial charge in [-0.2, -0.15) is 0 Å². The number of hydrogen-bond donors (Lipinski definition) is 1. The molecular weight excluding hydrogens is 343 g/mol. The predicted molar refractivity (Wildman–Crippen MR) is 93.5 cm³/mol. The minimum absolute atomic E-state index is 0.0781. The Hall–Kier alpha value is -2.54. The first-order valence-corrected chi connectivity index (χ1v) is 8.62. The summed E-state index contributed by atoms with van der Waals surface area (Å²) in [4.78, 5) is 6.62. The van der Waals surface area contributed by atoms with Gasteiger partial charge in [0.2, 0.25) is 5.89 Å². The molecule has 3 aromatic rings. The van der Waals surface area contributed by atoms with Crippen molar-refractivity contribution in [3.63, 3.8) is 0 Å². The van der Waals surface area contributed by atoms with E-state index in [1.54, 1.807) is 12.1 Å². The van der Waals surface area contributed by atoms with E-state index in [2.05, 4.69) is 15.2 Å². The van der Waals surface area contributed by atoms with E-state index < -0.39 is 17.5 Å². The first-order chi connectivity index (χ1) is 12.6. The minimum Gasteiger partial charge on any atom is -0.436 e. The van der Waals surface area contributed by atoms with Gasteiger partial charge in [0.15, 0.2) is 23.0 Å². The van der Waals surface area contributed by atoms with E-state index in [1.807, 2.05) is 6.07 Å². The molecule has 4 nitrogen and oxygen atoms in total. The van der Waals surface area contributed by atoms with Gasteiger partial charge >= 0.3 is 0 Å². The smallest absolute Gasteiger partial charge is 0.230 e. The number of nitrogens with one attached hydrogen (secondary N) is 1. The Balaban J connectivity index is 1.53. The highest BCUT2D eigenvalue weighted by Crippen LogP contribution is 2.29. The number of likely N-dealkylation sites (tertiary alicyclic amines) is 1. The number of nitrogens with zero attached hydrogens (tertiary/aromatic N) is 2. The van der Waals surface area contributed by atoms with Crippen molar-refractivity contribution in [3.8, 4) is 11.5 Å². The van der Waals surface area contributed by atoms with Crippen LogP contribution in [-0.4, -0.2) is 36.1 Å². The van der Waals surface area contributed by atoms with Gasteiger partial charge in [0.25, 0.3) is 0 Å². The SMILES string of the molecule is Fc1ccc(-c2nc3cc(NCCN4CCCC4)ccc3o2)c(F)c1F. The fraction of sp³-hybridized carbons (Fsp3) is 0.316. The van der Waals surface area contributed by atoms with Crippen LogP contribution in [0.15, 0.2) is 34.7 Å². The van der Waals surface area contributed by atoms with Gasteiger partial charge in [0, 0.05) is 18.8 Å². The van der Waals surface area contributed by atoms with Gasteiger partial charge in [0.05, 0.1) is 5.56 Å². The van der Waals surface area contributed by atoms with Gasteiger partial charge in [-0.25, -0.2) is 18.2 Å². The van der Waals surface area contributed by atoms with Crippen LogP contribution in [0, 0.1) is 17.5 Å². The molecule has 2 heterocycles. The van der Waals surface area contributed by atoms with Gasteiger partial charge in [-0.3, -0.25) is 0 Å². The third-order valence-electron chi connectivity index (χ3n) is 4.61. The number of hydrogen-bond acceptors (Lipinski definition) is 4. The molecule has 1 saturated heterocycles. The molecule has 1 aromatic heterocycles. The lowest BCUT2D eigenvalue weighted by Gasteiger charge is -2.15. The third-order valence-corrected chi connectivity index (χ3v) is 4.61. The van der Waals surface area contributed by atoms with E-state index in [9.17, 15) is 13.2 Å². The molecule has 0 aliphatic carbocycles. The van der Waals surface area contributed by atoms with Crippen LogP contribution in [0.25, 0.3) is 22.6 Å². The van der Waals surface area contributed by atoms with Crippen LogP contribution in [0.2, 0.25) is 0 Å². The molecule has 0 saturated carbocycles. The van der Waals surface area contributed by atoms with Gasteiger partial charge in [-0.15, -0.1) is 0 Å². The summed E-state index contributed by atoms with van der Waals surface area (Å²) < 4.78 is 45.9. The van der Waals surface area contributed by atoms with Gasteiger partial charge < -0.3 is 14.6 Å². The Bertz CT molecular complexity index is 935. The first kappa shape index (κ1) is 16.9. The third kappa shape index (κ3) is 3.26. The van der Waals surface area contributed by atoms with Crippen LogP contribution in [0.3, 0.4) is 0 Å². The summed E-state index contributed by atoms with van der Waals surface area (Å²) in [6.07, 6.45) is 2.52. The summed E-state index contributed by atoms with van der Waals surface area (Å²) in [6, 6.07) is 7.34. The quantitative estimate of drug-likeness (QED) is 0.683. The molecule has 0 amide bonds. The topological polar surface area (TPSA) is 41.3 Å². The average Bonchev–Trinajstić information content (AvgIpc) is 3.29. The number of rotatable bonds is 5. The number of halogens is 3. The van der Waals surface area contributed by atoms with E-state index in [1.165, 1.54) is 12.8 Å². The van der Waals surface area contributed by atoms with Crippen molar-refractivity contribution in [3.05, 3.63) is 47.8 Å². The summed E-state index contributed by atoms with van der Waals surface area (Å²) in [7, 11) is 0. The fourth-order valence-corrected chi connectivity index (χ4v) is 3.21. The standard InChI is InChI=1S/C19H18F3N3O/c20-14-5-4-13(17(21)18(14)22)19-24-15-11-12(3-6-16(15)26-19)23-7-10-25-8-1-2-9-25/h3-6,11,23H,1-2,7-10H2. The molecule has 1 fully saturated rings. The molecule has 0 spiro atoms. The van der Waals surface area contributed by atoms with Crippen molar-refractivity contribution >= 4 is 16.8 Å². The molecule has 0 radical (unpaired) electrons. The molecule has 0 unspecified atom stereocenters. The molecule has 2 aromatic carbocycles. The largest absolute Gasteiger partial charge is 0.436 e. The average molecular weight is 361 g/mol. The van der Waals surface area contributed by atoms with Crippen molar-refractivity contribution in [2.24, 2.45) is 0 Å². The highest BCUT2D eigenvalue weighted by Gasteiger charge is 2.19. The summed E-state index contributed by atoms with van der Waals surface area (Å²) in [5.41, 5.74) is 1.65. The lowest BCUT2D eigenvalue weighted by molar-refractivity contribution is 0.352. The maximum atomic E-state index is 13.9. The van der Waals surface area contributed by atoms with Crippen molar-refractivity contribution < 1.29 is 17.6 Å². The van der Waals surface area contributed by atoms with E-state index >= 15 is 0 Å². The van der Waals surface area contributed by atoms with Crippen molar-refractivity contribution in [1.82, 2.24) is 9.88 Å². The second-order valence-electron chi connectivity index (χ2n) is 6.40. The van der Waals surface area contributed by atoms with Crippen LogP contribution >= 0.6 is 0 Å². The lowest BCUT2D eigenvalue weighted by atomic mass is 10.2. The summed E-state index contributed by atoms with van der Waals surface area (Å²) in [6.45, 7) is 4.08. The second-order valence-corrected chi connectivity index (χ2v) is 6.40.